The number of benzene rings is 2. The number of halogens is 2. The first-order chi connectivity index (χ1) is 15.2. The normalized spacial score (nSPS) is 13.7. The van der Waals surface area contributed by atoms with Gasteiger partial charge in [-0.25, -0.2) is 0 Å². The summed E-state index contributed by atoms with van der Waals surface area (Å²) in [6, 6.07) is 10.9. The molecule has 0 saturated carbocycles. The number of likely N-dealkylation sites (N-methyl/N-ethyl adjacent to an activating group) is 1. The predicted octanol–water partition coefficient (Wildman–Crippen LogP) is 3.53. The Morgan fingerprint density at radius 2 is 1.66 bits per heavy atom. The Bertz CT molecular complexity index is 1040. The van der Waals surface area contributed by atoms with Crippen molar-refractivity contribution in [2.75, 3.05) is 13.6 Å². The number of imide groups is 1. The van der Waals surface area contributed by atoms with Crippen LogP contribution in [0.15, 0.2) is 42.5 Å². The van der Waals surface area contributed by atoms with E-state index in [1.54, 1.807) is 49.4 Å². The quantitative estimate of drug-likeness (QED) is 0.591. The van der Waals surface area contributed by atoms with E-state index in [-0.39, 0.29) is 49.6 Å². The molecule has 1 aliphatic rings. The molecule has 9 heteroatoms. The molecule has 2 aromatic carbocycles. The van der Waals surface area contributed by atoms with E-state index in [1.807, 2.05) is 0 Å². The molecule has 1 atom stereocenters. The van der Waals surface area contributed by atoms with Crippen LogP contribution in [0.5, 0.6) is 0 Å². The SMILES string of the molecule is CNC(=O)[C@H](C)N(Cc1ccc(Cl)c(Cl)c1)C(=O)CCCN1C(=O)c2ccccc2C1=O. The second-order valence-corrected chi connectivity index (χ2v) is 8.29. The Morgan fingerprint density at radius 3 is 2.22 bits per heavy atom. The van der Waals surface area contributed by atoms with Crippen molar-refractivity contribution in [3.05, 3.63) is 69.2 Å². The molecule has 4 amide bonds. The number of fused-ring (bicyclic) bond motifs is 1. The smallest absolute Gasteiger partial charge is 0.261 e. The van der Waals surface area contributed by atoms with Crippen molar-refractivity contribution in [3.8, 4) is 0 Å². The molecule has 0 fully saturated rings. The van der Waals surface area contributed by atoms with Crippen LogP contribution >= 0.6 is 23.2 Å². The zero-order chi connectivity index (χ0) is 23.4. The van der Waals surface area contributed by atoms with E-state index in [4.69, 9.17) is 23.2 Å². The van der Waals surface area contributed by atoms with E-state index in [1.165, 1.54) is 11.9 Å². The van der Waals surface area contributed by atoms with E-state index in [9.17, 15) is 19.2 Å². The summed E-state index contributed by atoms with van der Waals surface area (Å²) in [6.45, 7) is 1.92. The van der Waals surface area contributed by atoms with E-state index >= 15 is 0 Å². The van der Waals surface area contributed by atoms with E-state index in [0.29, 0.717) is 21.2 Å². The maximum atomic E-state index is 13.0. The van der Waals surface area contributed by atoms with E-state index in [2.05, 4.69) is 5.32 Å². The van der Waals surface area contributed by atoms with Gasteiger partial charge in [-0.2, -0.15) is 0 Å². The number of carbonyl (C=O) groups is 4. The third kappa shape index (κ3) is 4.95. The summed E-state index contributed by atoms with van der Waals surface area (Å²) in [6.07, 6.45) is 0.346. The van der Waals surface area contributed by atoms with Crippen LogP contribution in [-0.2, 0) is 16.1 Å². The molecule has 32 heavy (non-hydrogen) atoms. The van der Waals surface area contributed by atoms with Gasteiger partial charge in [0.15, 0.2) is 0 Å². The second kappa shape index (κ2) is 10.1. The van der Waals surface area contributed by atoms with Crippen LogP contribution in [0.3, 0.4) is 0 Å². The molecule has 0 unspecified atom stereocenters. The zero-order valence-corrected chi connectivity index (χ0v) is 19.2. The van der Waals surface area contributed by atoms with Crippen LogP contribution in [0.4, 0.5) is 0 Å². The zero-order valence-electron chi connectivity index (χ0n) is 17.7. The minimum absolute atomic E-state index is 0.0655. The first kappa shape index (κ1) is 23.8. The fourth-order valence-electron chi connectivity index (χ4n) is 3.60. The van der Waals surface area contributed by atoms with Crippen molar-refractivity contribution in [2.24, 2.45) is 0 Å². The first-order valence-electron chi connectivity index (χ1n) is 10.1. The molecule has 0 saturated heterocycles. The van der Waals surface area contributed by atoms with E-state index in [0.717, 1.165) is 10.5 Å². The maximum Gasteiger partial charge on any atom is 0.261 e. The van der Waals surface area contributed by atoms with Crippen molar-refractivity contribution < 1.29 is 19.2 Å². The molecule has 3 rings (SSSR count). The van der Waals surface area contributed by atoms with Gasteiger partial charge in [-0.15, -0.1) is 0 Å². The molecule has 2 aromatic rings. The molecule has 0 aromatic heterocycles. The van der Waals surface area contributed by atoms with Gasteiger partial charge in [0.05, 0.1) is 21.2 Å². The summed E-state index contributed by atoms with van der Waals surface area (Å²) >= 11 is 12.1. The van der Waals surface area contributed by atoms with Gasteiger partial charge in [0.25, 0.3) is 11.8 Å². The monoisotopic (exact) mass is 475 g/mol. The summed E-state index contributed by atoms with van der Waals surface area (Å²) in [5.74, 6) is -1.29. The highest BCUT2D eigenvalue weighted by Crippen LogP contribution is 2.25. The van der Waals surface area contributed by atoms with Crippen molar-refractivity contribution in [1.82, 2.24) is 15.1 Å². The van der Waals surface area contributed by atoms with Crippen LogP contribution in [0.1, 0.15) is 46.0 Å². The molecule has 7 nitrogen and oxygen atoms in total. The lowest BCUT2D eigenvalue weighted by Crippen LogP contribution is -2.46. The van der Waals surface area contributed by atoms with Gasteiger partial charge in [-0.3, -0.25) is 24.1 Å². The molecule has 0 radical (unpaired) electrons. The molecule has 1 aliphatic heterocycles. The van der Waals surface area contributed by atoms with Crippen LogP contribution in [-0.4, -0.2) is 53.1 Å². The highest BCUT2D eigenvalue weighted by molar-refractivity contribution is 6.42. The predicted molar refractivity (Wildman–Crippen MR) is 122 cm³/mol. The van der Waals surface area contributed by atoms with Gasteiger partial charge in [0.2, 0.25) is 11.8 Å². The van der Waals surface area contributed by atoms with Crippen molar-refractivity contribution in [2.45, 2.75) is 32.4 Å². The number of carbonyl (C=O) groups excluding carboxylic acids is 4. The molecule has 1 heterocycles. The van der Waals surface area contributed by atoms with E-state index < -0.39 is 6.04 Å². The van der Waals surface area contributed by atoms with Crippen LogP contribution in [0.2, 0.25) is 10.0 Å². The summed E-state index contributed by atoms with van der Waals surface area (Å²) < 4.78 is 0. The van der Waals surface area contributed by atoms with Gasteiger partial charge in [0, 0.05) is 26.6 Å². The van der Waals surface area contributed by atoms with Gasteiger partial charge in [-0.1, -0.05) is 41.4 Å². The minimum atomic E-state index is -0.721. The topological polar surface area (TPSA) is 86.8 Å². The molecular weight excluding hydrogens is 453 g/mol. The average molecular weight is 476 g/mol. The Hall–Kier alpha value is -2.90. The summed E-state index contributed by atoms with van der Waals surface area (Å²) in [4.78, 5) is 52.8. The molecule has 0 spiro atoms. The van der Waals surface area contributed by atoms with Crippen molar-refractivity contribution in [1.29, 1.82) is 0 Å². The average Bonchev–Trinajstić information content (AvgIpc) is 3.03. The summed E-state index contributed by atoms with van der Waals surface area (Å²) in [5, 5.41) is 3.30. The number of nitrogens with one attached hydrogen (secondary N) is 1. The summed E-state index contributed by atoms with van der Waals surface area (Å²) in [7, 11) is 1.50. The fourth-order valence-corrected chi connectivity index (χ4v) is 3.92. The number of rotatable bonds is 8. The lowest BCUT2D eigenvalue weighted by molar-refractivity contribution is -0.140. The largest absolute Gasteiger partial charge is 0.357 e. The van der Waals surface area contributed by atoms with Crippen LogP contribution in [0.25, 0.3) is 0 Å². The third-order valence-corrected chi connectivity index (χ3v) is 6.14. The molecule has 1 N–H and O–H groups in total. The summed E-state index contributed by atoms with van der Waals surface area (Å²) in [5.41, 5.74) is 1.47. The lowest BCUT2D eigenvalue weighted by atomic mass is 10.1. The van der Waals surface area contributed by atoms with Crippen molar-refractivity contribution in [3.63, 3.8) is 0 Å². The number of hydrogen-bond acceptors (Lipinski definition) is 4. The molecule has 168 valence electrons. The maximum absolute atomic E-state index is 13.0. The molecular formula is C23H23Cl2N3O4. The lowest BCUT2D eigenvalue weighted by Gasteiger charge is -2.28. The first-order valence-corrected chi connectivity index (χ1v) is 10.9. The molecule has 0 aliphatic carbocycles. The fraction of sp³-hybridized carbons (Fsp3) is 0.304. The van der Waals surface area contributed by atoms with Gasteiger partial charge < -0.3 is 10.2 Å². The Morgan fingerprint density at radius 1 is 1.03 bits per heavy atom. The van der Waals surface area contributed by atoms with Gasteiger partial charge in [-0.05, 0) is 43.2 Å². The van der Waals surface area contributed by atoms with Gasteiger partial charge >= 0.3 is 0 Å². The second-order valence-electron chi connectivity index (χ2n) is 7.47. The van der Waals surface area contributed by atoms with Crippen LogP contribution < -0.4 is 5.32 Å². The van der Waals surface area contributed by atoms with Crippen LogP contribution in [0, 0.1) is 0 Å². The highest BCUT2D eigenvalue weighted by Gasteiger charge is 2.35. The minimum Gasteiger partial charge on any atom is -0.357 e. The third-order valence-electron chi connectivity index (χ3n) is 5.40. The standard InChI is InChI=1S/C23H23Cl2N3O4/c1-14(21(30)26-2)28(13-15-9-10-18(24)19(25)12-15)20(29)8-5-11-27-22(31)16-6-3-4-7-17(16)23(27)32/h3-4,6-7,9-10,12,14H,5,8,11,13H2,1-2H3,(H,26,30)/t14-/m0/s1. The Kier molecular flexibility index (Phi) is 7.53. The Balaban J connectivity index is 1.67. The van der Waals surface area contributed by atoms with Crippen molar-refractivity contribution >= 4 is 46.8 Å². The highest BCUT2D eigenvalue weighted by atomic mass is 35.5. The van der Waals surface area contributed by atoms with Gasteiger partial charge in [0.1, 0.15) is 6.04 Å². The Labute approximate surface area is 196 Å². The number of amides is 4. The number of nitrogens with zero attached hydrogens (tertiary/aromatic N) is 2. The molecule has 0 bridgehead atoms. The number of hydrogen-bond donors (Lipinski definition) is 1.